The molecule has 0 amide bonds. The first-order valence-corrected chi connectivity index (χ1v) is 5.97. The van der Waals surface area contributed by atoms with Crippen molar-refractivity contribution in [2.45, 2.75) is 0 Å². The van der Waals surface area contributed by atoms with Gasteiger partial charge in [0, 0.05) is 0 Å². The van der Waals surface area contributed by atoms with Crippen LogP contribution in [0.1, 0.15) is 0 Å². The van der Waals surface area contributed by atoms with Crippen molar-refractivity contribution in [3.63, 3.8) is 0 Å². The highest BCUT2D eigenvalue weighted by Crippen LogP contribution is 2.12. The van der Waals surface area contributed by atoms with Crippen LogP contribution < -0.4 is 0 Å². The fourth-order valence-electron chi connectivity index (χ4n) is 0. The summed E-state index contributed by atoms with van der Waals surface area (Å²) in [5.41, 5.74) is 0. The number of rotatable bonds is 0. The van der Waals surface area contributed by atoms with Crippen molar-refractivity contribution < 1.29 is 0 Å². The molecule has 0 rings (SSSR count). The van der Waals surface area contributed by atoms with Crippen LogP contribution in [0.4, 0.5) is 0 Å². The zero-order valence-corrected chi connectivity index (χ0v) is 5.48. The predicted octanol–water partition coefficient (Wildman–Crippen LogP) is 1.31. The lowest BCUT2D eigenvalue weighted by Crippen LogP contribution is -2.06. The maximum absolute atomic E-state index is 4.98. The Balaban J connectivity index is 3.02. The molecule has 0 N–H and O–H groups in total. The summed E-state index contributed by atoms with van der Waals surface area (Å²) < 4.78 is 0. The number of halogens is 3. The van der Waals surface area contributed by atoms with Gasteiger partial charge in [-0.15, -0.1) is 33.2 Å². The van der Waals surface area contributed by atoms with Gasteiger partial charge < -0.3 is 0 Å². The number of hydrogen-bond donors (Lipinski definition) is 0. The van der Waals surface area contributed by atoms with Crippen molar-refractivity contribution in [1.82, 2.24) is 0 Å². The second-order valence-corrected chi connectivity index (χ2v) is 8.73. The van der Waals surface area contributed by atoms with E-state index in [1.165, 1.54) is 0 Å². The van der Waals surface area contributed by atoms with E-state index in [4.69, 9.17) is 40.7 Å². The molecule has 0 saturated carbocycles. The second kappa shape index (κ2) is 1.74. The Labute approximate surface area is 46.9 Å². The molecule has 28 valence electrons. The first-order chi connectivity index (χ1) is 2.00. The van der Waals surface area contributed by atoms with E-state index >= 15 is 0 Å². The van der Waals surface area contributed by atoms with Crippen molar-refractivity contribution in [1.29, 1.82) is 0 Å². The molecule has 0 nitrogen and oxygen atoms in total. The quantitative estimate of drug-likeness (QED) is 0.356. The molecule has 0 aliphatic carbocycles. The summed E-state index contributed by atoms with van der Waals surface area (Å²) in [7, 11) is 4.79. The van der Waals surface area contributed by atoms with E-state index in [2.05, 4.69) is 0 Å². The highest BCUT2D eigenvalue weighted by Gasteiger charge is 2.12. The van der Waals surface area contributed by atoms with Gasteiger partial charge in [0.1, 0.15) is 7.44 Å². The molecule has 0 atom stereocenters. The van der Waals surface area contributed by atoms with Crippen molar-refractivity contribution in [3.05, 3.63) is 0 Å². The van der Waals surface area contributed by atoms with Gasteiger partial charge in [-0.05, 0) is 0 Å². The van der Waals surface area contributed by atoms with E-state index < -0.39 is 5.87 Å². The van der Waals surface area contributed by atoms with Gasteiger partial charge in [0.15, 0.2) is 0 Å². The Bertz CT molecular complexity index is 22.4. The molecule has 0 aromatic carbocycles. The van der Waals surface area contributed by atoms with Crippen molar-refractivity contribution in [2.75, 3.05) is 0 Å². The Hall–Kier alpha value is 1.15. The molecule has 5 heteroatoms. The summed E-state index contributed by atoms with van der Waals surface area (Å²) in [5.74, 6) is -2.69. The summed E-state index contributed by atoms with van der Waals surface area (Å²) in [6.07, 6.45) is 0. The Morgan fingerprint density at radius 3 is 1.20 bits per heavy atom. The molecule has 0 bridgehead atoms. The summed E-state index contributed by atoms with van der Waals surface area (Å²) in [4.78, 5) is 0. The van der Waals surface area contributed by atoms with E-state index in [1.54, 1.807) is 0 Å². The normalized spacial score (nSPS) is 11.8. The smallest absolute Gasteiger partial charge is 0.136 e. The first-order valence-electron chi connectivity index (χ1n) is 0.856. The van der Waals surface area contributed by atoms with Crippen molar-refractivity contribution in [2.24, 2.45) is 0 Å². The van der Waals surface area contributed by atoms with Crippen molar-refractivity contribution in [3.8, 4) is 0 Å². The summed E-state index contributed by atoms with van der Waals surface area (Å²) in [5, 5.41) is 0. The summed E-state index contributed by atoms with van der Waals surface area (Å²) in [6, 6.07) is 0. The van der Waals surface area contributed by atoms with Crippen LogP contribution in [0, 0.1) is 0 Å². The zero-order valence-electron chi connectivity index (χ0n) is 2.21. The minimum absolute atomic E-state index is 2.69. The van der Waals surface area contributed by atoms with E-state index in [-0.39, 0.29) is 0 Å². The molecule has 2 radical (unpaired) electrons. The van der Waals surface area contributed by atoms with Gasteiger partial charge >= 0.3 is 0 Å². The molecule has 0 aliphatic heterocycles. The Kier molecular flexibility index (Phi) is 2.14. The minimum Gasteiger partial charge on any atom is -0.136 e. The second-order valence-electron chi connectivity index (χ2n) is 0.542. The standard InChI is InChI=1S/BCl3Si/c1-5(2,3)4. The largest absolute Gasteiger partial charge is 0.288 e. The van der Waals surface area contributed by atoms with Gasteiger partial charge in [0.05, 0.1) is 0 Å². The summed E-state index contributed by atoms with van der Waals surface area (Å²) >= 11 is 14.9. The predicted molar refractivity (Wildman–Crippen MR) is 29.1 cm³/mol. The molecule has 0 aliphatic rings. The Morgan fingerprint density at radius 1 is 1.20 bits per heavy atom. The highest BCUT2D eigenvalue weighted by molar-refractivity contribution is 7.79. The van der Waals surface area contributed by atoms with E-state index in [9.17, 15) is 0 Å². The van der Waals surface area contributed by atoms with Crippen LogP contribution >= 0.6 is 33.2 Å². The highest BCUT2D eigenvalue weighted by atomic mass is 35.8. The van der Waals surface area contributed by atoms with E-state index in [1.807, 2.05) is 0 Å². The van der Waals surface area contributed by atoms with Crippen LogP contribution in [0.15, 0.2) is 0 Å². The van der Waals surface area contributed by atoms with Gasteiger partial charge in [-0.1, -0.05) is 0 Å². The molecule has 0 aromatic heterocycles. The van der Waals surface area contributed by atoms with Crippen LogP contribution in [0.3, 0.4) is 0 Å². The molecule has 0 saturated heterocycles. The van der Waals surface area contributed by atoms with Gasteiger partial charge in [-0.3, -0.25) is 0 Å². The van der Waals surface area contributed by atoms with Crippen molar-refractivity contribution >= 4 is 46.5 Å². The maximum atomic E-state index is 4.98. The third-order valence-electron chi connectivity index (χ3n) is 0. The van der Waals surface area contributed by atoms with Crippen LogP contribution in [-0.4, -0.2) is 13.3 Å². The topological polar surface area (TPSA) is 0 Å². The fourth-order valence-corrected chi connectivity index (χ4v) is 0. The van der Waals surface area contributed by atoms with Crippen LogP contribution in [0.25, 0.3) is 0 Å². The molecule has 5 heavy (non-hydrogen) atoms. The lowest BCUT2D eigenvalue weighted by Gasteiger charge is -1.90. The van der Waals surface area contributed by atoms with E-state index in [0.717, 1.165) is 0 Å². The Morgan fingerprint density at radius 2 is 1.20 bits per heavy atom. The first kappa shape index (κ1) is 6.15. The lowest BCUT2D eigenvalue weighted by atomic mass is 10.8. The van der Waals surface area contributed by atoms with Gasteiger partial charge in [0.25, 0.3) is 5.87 Å². The zero-order chi connectivity index (χ0) is 4.50. The summed E-state index contributed by atoms with van der Waals surface area (Å²) in [6.45, 7) is 0. The molecule has 0 fully saturated rings. The average molecular weight is 145 g/mol. The van der Waals surface area contributed by atoms with Crippen LogP contribution in [0.2, 0.25) is 0 Å². The molecule has 0 unspecified atom stereocenters. The SMILES string of the molecule is [B][Si](Cl)(Cl)Cl. The molecule has 0 heterocycles. The molecule has 0 spiro atoms. The average Bonchev–Trinajstić information content (AvgIpc) is 0.722. The third-order valence-corrected chi connectivity index (χ3v) is 0. The molecule has 0 aromatic rings. The monoisotopic (exact) mass is 144 g/mol. The van der Waals surface area contributed by atoms with Gasteiger partial charge in [-0.25, -0.2) is 0 Å². The van der Waals surface area contributed by atoms with Crippen LogP contribution in [-0.2, 0) is 0 Å². The van der Waals surface area contributed by atoms with Crippen LogP contribution in [0.5, 0.6) is 0 Å². The van der Waals surface area contributed by atoms with Gasteiger partial charge in [-0.2, -0.15) is 0 Å². The molecular formula is BCl3Si. The van der Waals surface area contributed by atoms with E-state index in [0.29, 0.717) is 0 Å². The maximum Gasteiger partial charge on any atom is 0.288 e. The fraction of sp³-hybridized carbons (Fsp3) is 0. The lowest BCUT2D eigenvalue weighted by molar-refractivity contribution is 3.79. The third kappa shape index (κ3) is 38.6. The molecular weight excluding hydrogens is 145 g/mol. The number of hydrogen-bond acceptors (Lipinski definition) is 0. The minimum atomic E-state index is -2.69. The van der Waals surface area contributed by atoms with Gasteiger partial charge in [0.2, 0.25) is 0 Å².